The maximum absolute atomic E-state index is 12.5. The van der Waals surface area contributed by atoms with Crippen LogP contribution in [0, 0.1) is 11.8 Å². The van der Waals surface area contributed by atoms with Crippen molar-refractivity contribution in [1.29, 1.82) is 0 Å². The summed E-state index contributed by atoms with van der Waals surface area (Å²) in [5.41, 5.74) is -1.66. The highest BCUT2D eigenvalue weighted by molar-refractivity contribution is 5.86. The molecule has 0 atom stereocenters. The van der Waals surface area contributed by atoms with Crippen LogP contribution >= 0.6 is 0 Å². The standard InChI is InChI=1S/C16H27NO4/c1-10(2)11-8-16(9-11,13(18)19)17(12-6-7-12)14(20)21-15(3,4)5/h10-12H,6-9H2,1-5H3,(H,18,19). The van der Waals surface area contributed by atoms with E-state index in [4.69, 9.17) is 4.74 Å². The van der Waals surface area contributed by atoms with E-state index in [1.165, 1.54) is 4.90 Å². The summed E-state index contributed by atoms with van der Waals surface area (Å²) in [6.07, 6.45) is 2.35. The number of carboxylic acid groups (broad SMARTS) is 1. The lowest BCUT2D eigenvalue weighted by molar-refractivity contribution is -0.164. The molecule has 2 aliphatic carbocycles. The Balaban J connectivity index is 2.20. The summed E-state index contributed by atoms with van der Waals surface area (Å²) in [6.45, 7) is 9.63. The molecule has 0 aromatic heterocycles. The first-order chi connectivity index (χ1) is 9.57. The maximum Gasteiger partial charge on any atom is 0.411 e. The lowest BCUT2D eigenvalue weighted by Gasteiger charge is -2.52. The maximum atomic E-state index is 12.5. The molecule has 2 rings (SSSR count). The van der Waals surface area contributed by atoms with Gasteiger partial charge in [-0.25, -0.2) is 9.59 Å². The van der Waals surface area contributed by atoms with Gasteiger partial charge < -0.3 is 9.84 Å². The van der Waals surface area contributed by atoms with Crippen molar-refractivity contribution < 1.29 is 19.4 Å². The number of carbonyl (C=O) groups excluding carboxylic acids is 1. The molecule has 120 valence electrons. The molecule has 0 heterocycles. The number of rotatable bonds is 4. The number of ether oxygens (including phenoxy) is 1. The first kappa shape index (κ1) is 16.1. The predicted molar refractivity (Wildman–Crippen MR) is 79.0 cm³/mol. The molecule has 2 saturated carbocycles. The molecule has 5 heteroatoms. The fraction of sp³-hybridized carbons (Fsp3) is 0.875. The molecule has 1 amide bonds. The van der Waals surface area contributed by atoms with Crippen LogP contribution in [0.5, 0.6) is 0 Å². The molecular formula is C16H27NO4. The zero-order chi connectivity index (χ0) is 16.0. The second kappa shape index (κ2) is 5.18. The van der Waals surface area contributed by atoms with Crippen LogP contribution in [-0.2, 0) is 9.53 Å². The lowest BCUT2D eigenvalue weighted by atomic mass is 9.63. The number of carbonyl (C=O) groups is 2. The number of nitrogens with zero attached hydrogens (tertiary/aromatic N) is 1. The van der Waals surface area contributed by atoms with Crippen molar-refractivity contribution >= 4 is 12.1 Å². The van der Waals surface area contributed by atoms with Crippen LogP contribution in [0.2, 0.25) is 0 Å². The fourth-order valence-electron chi connectivity index (χ4n) is 3.07. The molecule has 0 aromatic rings. The molecule has 0 radical (unpaired) electrons. The van der Waals surface area contributed by atoms with Gasteiger partial charge in [0.15, 0.2) is 0 Å². The van der Waals surface area contributed by atoms with Gasteiger partial charge >= 0.3 is 12.1 Å². The van der Waals surface area contributed by atoms with E-state index in [0.29, 0.717) is 24.7 Å². The molecule has 0 saturated heterocycles. The zero-order valence-electron chi connectivity index (χ0n) is 13.7. The van der Waals surface area contributed by atoms with Gasteiger partial charge in [-0.3, -0.25) is 4.90 Å². The second-order valence-electron chi connectivity index (χ2n) is 7.83. The van der Waals surface area contributed by atoms with Gasteiger partial charge in [0.05, 0.1) is 0 Å². The second-order valence-corrected chi connectivity index (χ2v) is 7.83. The smallest absolute Gasteiger partial charge is 0.411 e. The van der Waals surface area contributed by atoms with Crippen molar-refractivity contribution in [2.24, 2.45) is 11.8 Å². The van der Waals surface area contributed by atoms with Crippen LogP contribution < -0.4 is 0 Å². The number of aliphatic carboxylic acids is 1. The first-order valence-corrected chi connectivity index (χ1v) is 7.82. The molecule has 21 heavy (non-hydrogen) atoms. The summed E-state index contributed by atoms with van der Waals surface area (Å²) >= 11 is 0. The highest BCUT2D eigenvalue weighted by Gasteiger charge is 2.60. The molecule has 0 spiro atoms. The van der Waals surface area contributed by atoms with Gasteiger partial charge in [0.1, 0.15) is 11.1 Å². The van der Waals surface area contributed by atoms with Crippen LogP contribution in [0.25, 0.3) is 0 Å². The Labute approximate surface area is 126 Å². The molecule has 0 bridgehead atoms. The highest BCUT2D eigenvalue weighted by atomic mass is 16.6. The van der Waals surface area contributed by atoms with E-state index in [0.717, 1.165) is 12.8 Å². The number of hydrogen-bond acceptors (Lipinski definition) is 3. The van der Waals surface area contributed by atoms with Gasteiger partial charge in [0.25, 0.3) is 0 Å². The van der Waals surface area contributed by atoms with Crippen LogP contribution in [0.4, 0.5) is 4.79 Å². The lowest BCUT2D eigenvalue weighted by Crippen LogP contribution is -2.66. The fourth-order valence-corrected chi connectivity index (χ4v) is 3.07. The molecule has 2 aliphatic rings. The van der Waals surface area contributed by atoms with Crippen molar-refractivity contribution in [2.75, 3.05) is 0 Å². The van der Waals surface area contributed by atoms with Crippen molar-refractivity contribution in [2.45, 2.75) is 77.5 Å². The molecule has 0 unspecified atom stereocenters. The van der Waals surface area contributed by atoms with E-state index in [9.17, 15) is 14.7 Å². The Morgan fingerprint density at radius 3 is 2.10 bits per heavy atom. The van der Waals surface area contributed by atoms with Gasteiger partial charge in [-0.05, 0) is 58.3 Å². The summed E-state index contributed by atoms with van der Waals surface area (Å²) in [6, 6.07) is 0.0315. The van der Waals surface area contributed by atoms with Crippen molar-refractivity contribution in [3.05, 3.63) is 0 Å². The van der Waals surface area contributed by atoms with Crippen LogP contribution in [-0.4, -0.2) is 39.3 Å². The average molecular weight is 297 g/mol. The van der Waals surface area contributed by atoms with Gasteiger partial charge in [0, 0.05) is 6.04 Å². The minimum absolute atomic E-state index is 0.0315. The molecular weight excluding hydrogens is 270 g/mol. The van der Waals surface area contributed by atoms with E-state index in [1.807, 2.05) is 0 Å². The first-order valence-electron chi connectivity index (χ1n) is 7.82. The summed E-state index contributed by atoms with van der Waals surface area (Å²) < 4.78 is 5.45. The Kier molecular flexibility index (Phi) is 3.98. The largest absolute Gasteiger partial charge is 0.479 e. The van der Waals surface area contributed by atoms with E-state index >= 15 is 0 Å². The quantitative estimate of drug-likeness (QED) is 0.864. The molecule has 0 aromatic carbocycles. The highest BCUT2D eigenvalue weighted by Crippen LogP contribution is 2.50. The zero-order valence-corrected chi connectivity index (χ0v) is 13.7. The third kappa shape index (κ3) is 3.16. The van der Waals surface area contributed by atoms with Gasteiger partial charge in [-0.2, -0.15) is 0 Å². The Morgan fingerprint density at radius 1 is 1.24 bits per heavy atom. The third-order valence-electron chi connectivity index (χ3n) is 4.50. The van der Waals surface area contributed by atoms with E-state index in [1.54, 1.807) is 20.8 Å². The summed E-state index contributed by atoms with van der Waals surface area (Å²) in [7, 11) is 0. The summed E-state index contributed by atoms with van der Waals surface area (Å²) in [4.78, 5) is 25.9. The van der Waals surface area contributed by atoms with E-state index < -0.39 is 23.2 Å². The number of amides is 1. The van der Waals surface area contributed by atoms with E-state index in [-0.39, 0.29) is 6.04 Å². The van der Waals surface area contributed by atoms with Crippen LogP contribution in [0.15, 0.2) is 0 Å². The monoisotopic (exact) mass is 297 g/mol. The molecule has 5 nitrogen and oxygen atoms in total. The number of carboxylic acids is 1. The third-order valence-corrected chi connectivity index (χ3v) is 4.50. The summed E-state index contributed by atoms with van der Waals surface area (Å²) in [5, 5.41) is 9.73. The van der Waals surface area contributed by atoms with E-state index in [2.05, 4.69) is 13.8 Å². The summed E-state index contributed by atoms with van der Waals surface area (Å²) in [5.74, 6) is -0.0842. The predicted octanol–water partition coefficient (Wildman–Crippen LogP) is 3.28. The van der Waals surface area contributed by atoms with Gasteiger partial charge in [0.2, 0.25) is 0 Å². The number of hydrogen-bond donors (Lipinski definition) is 1. The molecule has 1 N–H and O–H groups in total. The van der Waals surface area contributed by atoms with Crippen LogP contribution in [0.1, 0.15) is 60.3 Å². The van der Waals surface area contributed by atoms with Crippen molar-refractivity contribution in [1.82, 2.24) is 4.90 Å². The SMILES string of the molecule is CC(C)C1CC(C(=O)O)(N(C(=O)OC(C)(C)C)C2CC2)C1. The minimum Gasteiger partial charge on any atom is -0.479 e. The van der Waals surface area contributed by atoms with Crippen LogP contribution in [0.3, 0.4) is 0 Å². The normalized spacial score (nSPS) is 29.0. The minimum atomic E-state index is -1.06. The van der Waals surface area contributed by atoms with Crippen molar-refractivity contribution in [3.63, 3.8) is 0 Å². The molecule has 2 fully saturated rings. The van der Waals surface area contributed by atoms with Crippen molar-refractivity contribution in [3.8, 4) is 0 Å². The average Bonchev–Trinajstić information content (AvgIpc) is 3.01. The Morgan fingerprint density at radius 2 is 1.76 bits per heavy atom. The Hall–Kier alpha value is -1.26. The molecule has 0 aliphatic heterocycles. The topological polar surface area (TPSA) is 66.8 Å². The van der Waals surface area contributed by atoms with Gasteiger partial charge in [-0.15, -0.1) is 0 Å². The van der Waals surface area contributed by atoms with Gasteiger partial charge in [-0.1, -0.05) is 13.8 Å². The Bertz CT molecular complexity index is 428.